The number of carbonyl (C=O) groups is 1. The van der Waals surface area contributed by atoms with E-state index in [9.17, 15) is 4.79 Å². The second-order valence-electron chi connectivity index (χ2n) is 4.95. The highest BCUT2D eigenvalue weighted by molar-refractivity contribution is 7.15. The van der Waals surface area contributed by atoms with Gasteiger partial charge in [-0.05, 0) is 26.8 Å². The highest BCUT2D eigenvalue weighted by Crippen LogP contribution is 2.16. The largest absolute Gasteiger partial charge is 0.360 e. The molecule has 6 nitrogen and oxygen atoms in total. The molecule has 7 heteroatoms. The van der Waals surface area contributed by atoms with E-state index in [1.807, 2.05) is 20.8 Å². The van der Waals surface area contributed by atoms with Crippen molar-refractivity contribution in [2.45, 2.75) is 46.7 Å². The third-order valence-electron chi connectivity index (χ3n) is 2.62. The maximum absolute atomic E-state index is 11.8. The Balaban J connectivity index is 2.46. The Morgan fingerprint density at radius 2 is 2.10 bits per heavy atom. The summed E-state index contributed by atoms with van der Waals surface area (Å²) in [5.74, 6) is 0.0516. The van der Waals surface area contributed by atoms with Crippen molar-refractivity contribution in [3.05, 3.63) is 5.01 Å². The number of rotatable bonds is 9. The van der Waals surface area contributed by atoms with E-state index in [-0.39, 0.29) is 11.9 Å². The van der Waals surface area contributed by atoms with E-state index < -0.39 is 0 Å². The molecule has 0 aromatic carbocycles. The lowest BCUT2D eigenvalue weighted by Gasteiger charge is -2.19. The molecule has 0 unspecified atom stereocenters. The second kappa shape index (κ2) is 8.86. The minimum atomic E-state index is 0.0516. The van der Waals surface area contributed by atoms with Crippen molar-refractivity contribution in [1.29, 1.82) is 0 Å². The summed E-state index contributed by atoms with van der Waals surface area (Å²) in [6, 6.07) is 0.174. The van der Waals surface area contributed by atoms with E-state index in [1.165, 1.54) is 0 Å². The molecule has 2 N–H and O–H groups in total. The van der Waals surface area contributed by atoms with Crippen molar-refractivity contribution < 1.29 is 4.79 Å². The number of hydrogen-bond donors (Lipinski definition) is 2. The lowest BCUT2D eigenvalue weighted by atomic mass is 10.3. The van der Waals surface area contributed by atoms with Crippen molar-refractivity contribution in [1.82, 2.24) is 20.4 Å². The summed E-state index contributed by atoms with van der Waals surface area (Å²) in [5.41, 5.74) is 0. The number of anilines is 1. The molecule has 0 aliphatic rings. The van der Waals surface area contributed by atoms with Gasteiger partial charge in [0.05, 0.1) is 13.1 Å². The number of hydrogen-bond acceptors (Lipinski definition) is 6. The minimum absolute atomic E-state index is 0.0516. The van der Waals surface area contributed by atoms with Crippen LogP contribution in [0, 0.1) is 0 Å². The Morgan fingerprint density at radius 3 is 2.70 bits per heavy atom. The zero-order valence-electron chi connectivity index (χ0n) is 12.8. The fourth-order valence-electron chi connectivity index (χ4n) is 1.66. The molecule has 1 rings (SSSR count). The molecule has 0 aliphatic carbocycles. The maximum atomic E-state index is 11.8. The zero-order chi connectivity index (χ0) is 15.0. The number of amides is 1. The second-order valence-corrected chi connectivity index (χ2v) is 6.02. The Hall–Kier alpha value is -1.21. The van der Waals surface area contributed by atoms with Gasteiger partial charge in [-0.15, -0.1) is 10.2 Å². The van der Waals surface area contributed by atoms with Gasteiger partial charge in [0.15, 0.2) is 0 Å². The van der Waals surface area contributed by atoms with Crippen molar-refractivity contribution in [3.63, 3.8) is 0 Å². The molecule has 0 saturated heterocycles. The molecule has 0 atom stereocenters. The number of likely N-dealkylation sites (N-methyl/N-ethyl adjacent to an activating group) is 1. The van der Waals surface area contributed by atoms with Gasteiger partial charge in [0.1, 0.15) is 5.01 Å². The van der Waals surface area contributed by atoms with Crippen LogP contribution in [0.25, 0.3) is 0 Å². The van der Waals surface area contributed by atoms with Gasteiger partial charge in [-0.1, -0.05) is 25.2 Å². The van der Waals surface area contributed by atoms with Gasteiger partial charge in [-0.3, -0.25) is 9.69 Å². The van der Waals surface area contributed by atoms with Gasteiger partial charge in [0.2, 0.25) is 11.0 Å². The molecule has 1 aromatic heterocycles. The van der Waals surface area contributed by atoms with Gasteiger partial charge in [-0.25, -0.2) is 0 Å². The molecular weight excluding hydrogens is 274 g/mol. The van der Waals surface area contributed by atoms with Crippen molar-refractivity contribution in [2.75, 3.05) is 25.0 Å². The molecule has 0 spiro atoms. The zero-order valence-corrected chi connectivity index (χ0v) is 13.6. The number of carbonyl (C=O) groups excluding carboxylic acids is 1. The first-order chi connectivity index (χ1) is 9.55. The Labute approximate surface area is 125 Å². The van der Waals surface area contributed by atoms with Crippen LogP contribution in [0.5, 0.6) is 0 Å². The van der Waals surface area contributed by atoms with E-state index in [0.717, 1.165) is 29.6 Å². The summed E-state index contributed by atoms with van der Waals surface area (Å²) in [5, 5.41) is 16.2. The van der Waals surface area contributed by atoms with Crippen molar-refractivity contribution in [3.8, 4) is 0 Å². The lowest BCUT2D eigenvalue weighted by molar-refractivity contribution is -0.122. The van der Waals surface area contributed by atoms with Crippen LogP contribution in [0.3, 0.4) is 0 Å². The first-order valence-electron chi connectivity index (χ1n) is 7.13. The average molecular weight is 299 g/mol. The Kier molecular flexibility index (Phi) is 7.46. The summed E-state index contributed by atoms with van der Waals surface area (Å²) in [4.78, 5) is 13.8. The lowest BCUT2D eigenvalue weighted by Crippen LogP contribution is -2.39. The normalized spacial score (nSPS) is 11.1. The molecule has 0 radical (unpaired) electrons. The quantitative estimate of drug-likeness (QED) is 0.726. The average Bonchev–Trinajstić information content (AvgIpc) is 2.82. The molecule has 20 heavy (non-hydrogen) atoms. The fraction of sp³-hybridized carbons (Fsp3) is 0.769. The molecule has 0 bridgehead atoms. The predicted molar refractivity (Wildman–Crippen MR) is 82.9 cm³/mol. The van der Waals surface area contributed by atoms with Crippen LogP contribution in [0.4, 0.5) is 5.13 Å². The molecule has 0 saturated carbocycles. The summed E-state index contributed by atoms with van der Waals surface area (Å²) >= 11 is 1.55. The Morgan fingerprint density at radius 1 is 1.35 bits per heavy atom. The standard InChI is InChI=1S/C13H25N5OS/c1-5-7-14-13-17-16-12(20-13)9-18(6-2)8-11(19)15-10(3)4/h10H,5-9H2,1-4H3,(H,14,17)(H,15,19). The third kappa shape index (κ3) is 6.29. The van der Waals surface area contributed by atoms with Crippen LogP contribution in [0.15, 0.2) is 0 Å². The van der Waals surface area contributed by atoms with Crippen molar-refractivity contribution >= 4 is 22.4 Å². The number of nitrogens with one attached hydrogen (secondary N) is 2. The van der Waals surface area contributed by atoms with Crippen LogP contribution in [-0.2, 0) is 11.3 Å². The van der Waals surface area contributed by atoms with E-state index in [1.54, 1.807) is 11.3 Å². The van der Waals surface area contributed by atoms with Crippen molar-refractivity contribution in [2.24, 2.45) is 0 Å². The third-order valence-corrected chi connectivity index (χ3v) is 3.48. The first kappa shape index (κ1) is 16.8. The van der Waals surface area contributed by atoms with E-state index in [4.69, 9.17) is 0 Å². The first-order valence-corrected chi connectivity index (χ1v) is 7.94. The maximum Gasteiger partial charge on any atom is 0.234 e. The van der Waals surface area contributed by atoms with Crippen LogP contribution in [0.1, 0.15) is 39.1 Å². The molecule has 114 valence electrons. The Bertz CT molecular complexity index is 407. The molecule has 1 amide bonds. The highest BCUT2D eigenvalue weighted by Gasteiger charge is 2.13. The van der Waals surface area contributed by atoms with Gasteiger partial charge in [0.25, 0.3) is 0 Å². The fourth-order valence-corrected chi connectivity index (χ4v) is 2.47. The van der Waals surface area contributed by atoms with Gasteiger partial charge < -0.3 is 10.6 Å². The molecule has 1 aromatic rings. The minimum Gasteiger partial charge on any atom is -0.360 e. The van der Waals surface area contributed by atoms with Crippen LogP contribution >= 0.6 is 11.3 Å². The molecular formula is C13H25N5OS. The SMILES string of the molecule is CCCNc1nnc(CN(CC)CC(=O)NC(C)C)s1. The summed E-state index contributed by atoms with van der Waals surface area (Å²) in [7, 11) is 0. The molecule has 1 heterocycles. The summed E-state index contributed by atoms with van der Waals surface area (Å²) < 4.78 is 0. The molecule has 0 aliphatic heterocycles. The summed E-state index contributed by atoms with van der Waals surface area (Å²) in [6.45, 7) is 10.8. The smallest absolute Gasteiger partial charge is 0.234 e. The van der Waals surface area contributed by atoms with Gasteiger partial charge in [0, 0.05) is 12.6 Å². The van der Waals surface area contributed by atoms with Crippen LogP contribution in [-0.4, -0.2) is 46.7 Å². The highest BCUT2D eigenvalue weighted by atomic mass is 32.1. The number of aromatic nitrogens is 2. The van der Waals surface area contributed by atoms with Crippen LogP contribution in [0.2, 0.25) is 0 Å². The van der Waals surface area contributed by atoms with E-state index in [0.29, 0.717) is 13.1 Å². The van der Waals surface area contributed by atoms with Gasteiger partial charge in [-0.2, -0.15) is 0 Å². The van der Waals surface area contributed by atoms with Gasteiger partial charge >= 0.3 is 0 Å². The van der Waals surface area contributed by atoms with E-state index in [2.05, 4.69) is 32.7 Å². The monoisotopic (exact) mass is 299 g/mol. The predicted octanol–water partition coefficient (Wildman–Crippen LogP) is 1.71. The van der Waals surface area contributed by atoms with Crippen LogP contribution < -0.4 is 10.6 Å². The van der Waals surface area contributed by atoms with E-state index >= 15 is 0 Å². The topological polar surface area (TPSA) is 70.2 Å². The summed E-state index contributed by atoms with van der Waals surface area (Å²) in [6.07, 6.45) is 1.06. The molecule has 0 fully saturated rings. The number of nitrogens with zero attached hydrogens (tertiary/aromatic N) is 3.